The van der Waals surface area contributed by atoms with Crippen molar-refractivity contribution in [2.45, 2.75) is 46.1 Å². The molecule has 0 spiro atoms. The van der Waals surface area contributed by atoms with Crippen LogP contribution in [-0.4, -0.2) is 36.0 Å². The molecule has 0 fully saturated rings. The summed E-state index contributed by atoms with van der Waals surface area (Å²) in [5, 5.41) is 11.4. The zero-order chi connectivity index (χ0) is 12.5. The zero-order valence-electron chi connectivity index (χ0n) is 11.0. The van der Waals surface area contributed by atoms with Gasteiger partial charge in [-0.25, -0.2) is 0 Å². The summed E-state index contributed by atoms with van der Waals surface area (Å²) >= 11 is 0. The van der Waals surface area contributed by atoms with E-state index < -0.39 is 0 Å². The van der Waals surface area contributed by atoms with Crippen LogP contribution < -0.4 is 5.32 Å². The van der Waals surface area contributed by atoms with Crippen LogP contribution in [0.3, 0.4) is 0 Å². The zero-order valence-corrected chi connectivity index (χ0v) is 11.0. The molecule has 0 aromatic carbocycles. The maximum atomic E-state index is 5.51. The molecule has 5 heteroatoms. The van der Waals surface area contributed by atoms with Crippen molar-refractivity contribution in [3.63, 3.8) is 0 Å². The molecule has 1 N–H and O–H groups in total. The van der Waals surface area contributed by atoms with Crippen molar-refractivity contribution in [2.75, 3.05) is 19.8 Å². The smallest absolute Gasteiger partial charge is 0.218 e. The van der Waals surface area contributed by atoms with Gasteiger partial charge in [0, 0.05) is 25.5 Å². The third-order valence-corrected chi connectivity index (χ3v) is 2.29. The summed E-state index contributed by atoms with van der Waals surface area (Å²) in [5.41, 5.74) is 0. The van der Waals surface area contributed by atoms with Crippen molar-refractivity contribution in [1.82, 2.24) is 15.5 Å². The number of aromatic nitrogens is 2. The van der Waals surface area contributed by atoms with Gasteiger partial charge in [-0.05, 0) is 19.9 Å². The Morgan fingerprint density at radius 2 is 1.94 bits per heavy atom. The molecule has 0 saturated heterocycles. The molecule has 1 aromatic heterocycles. The van der Waals surface area contributed by atoms with E-state index in [0.29, 0.717) is 25.0 Å². The fraction of sp³-hybridized carbons (Fsp3) is 0.833. The third-order valence-electron chi connectivity index (χ3n) is 2.29. The van der Waals surface area contributed by atoms with Crippen molar-refractivity contribution in [3.8, 4) is 0 Å². The molecular formula is C12H23N3O2. The monoisotopic (exact) mass is 241 g/mol. The third kappa shape index (κ3) is 6.38. The molecule has 1 rings (SSSR count). The number of ether oxygens (including phenoxy) is 1. The first kappa shape index (κ1) is 14.1. The Hall–Kier alpha value is -0.940. The summed E-state index contributed by atoms with van der Waals surface area (Å²) in [5.74, 6) is 1.40. The van der Waals surface area contributed by atoms with Gasteiger partial charge in [-0.1, -0.05) is 13.8 Å². The summed E-state index contributed by atoms with van der Waals surface area (Å²) in [4.78, 5) is 0. The van der Waals surface area contributed by atoms with Gasteiger partial charge in [-0.3, -0.25) is 0 Å². The molecule has 1 aromatic rings. The predicted octanol–water partition coefficient (Wildman–Crippen LogP) is 1.58. The van der Waals surface area contributed by atoms with Gasteiger partial charge in [-0.15, -0.1) is 10.2 Å². The van der Waals surface area contributed by atoms with E-state index in [1.54, 1.807) is 0 Å². The van der Waals surface area contributed by atoms with E-state index in [-0.39, 0.29) is 0 Å². The lowest BCUT2D eigenvalue weighted by atomic mass is 10.3. The second-order valence-corrected chi connectivity index (χ2v) is 4.25. The van der Waals surface area contributed by atoms with E-state index >= 15 is 0 Å². The van der Waals surface area contributed by atoms with Crippen molar-refractivity contribution in [1.29, 1.82) is 0 Å². The van der Waals surface area contributed by atoms with Gasteiger partial charge in [0.25, 0.3) is 0 Å². The lowest BCUT2D eigenvalue weighted by Crippen LogP contribution is -2.23. The molecule has 0 atom stereocenters. The van der Waals surface area contributed by atoms with Crippen LogP contribution in [0.2, 0.25) is 0 Å². The second-order valence-electron chi connectivity index (χ2n) is 4.25. The lowest BCUT2D eigenvalue weighted by molar-refractivity contribution is 0.145. The number of hydrogen-bond donors (Lipinski definition) is 1. The van der Waals surface area contributed by atoms with Crippen LogP contribution >= 0.6 is 0 Å². The second kappa shape index (κ2) is 8.20. The van der Waals surface area contributed by atoms with Crippen LogP contribution in [0.15, 0.2) is 4.42 Å². The summed E-state index contributed by atoms with van der Waals surface area (Å²) < 4.78 is 10.7. The Morgan fingerprint density at radius 3 is 2.59 bits per heavy atom. The molecule has 0 aliphatic heterocycles. The minimum absolute atomic E-state index is 0.527. The van der Waals surface area contributed by atoms with E-state index in [1.807, 2.05) is 6.92 Å². The maximum absolute atomic E-state index is 5.51. The van der Waals surface area contributed by atoms with Crippen LogP contribution in [-0.2, 0) is 17.6 Å². The average Bonchev–Trinajstić information content (AvgIpc) is 2.73. The standard InChI is InChI=1S/C12H23N3O2/c1-4-16-9-7-12-15-14-11(17-12)6-5-8-13-10(2)3/h10,13H,4-9H2,1-3H3. The Balaban J connectivity index is 2.16. The Morgan fingerprint density at radius 1 is 1.24 bits per heavy atom. The van der Waals surface area contributed by atoms with Crippen molar-refractivity contribution >= 4 is 0 Å². The maximum Gasteiger partial charge on any atom is 0.218 e. The van der Waals surface area contributed by atoms with Crippen LogP contribution in [0, 0.1) is 0 Å². The van der Waals surface area contributed by atoms with Gasteiger partial charge >= 0.3 is 0 Å². The minimum atomic E-state index is 0.527. The Kier molecular flexibility index (Phi) is 6.81. The van der Waals surface area contributed by atoms with Gasteiger partial charge in [-0.2, -0.15) is 0 Å². The molecule has 0 aliphatic rings. The molecule has 0 bridgehead atoms. The van der Waals surface area contributed by atoms with E-state index in [2.05, 4.69) is 29.4 Å². The molecule has 0 saturated carbocycles. The van der Waals surface area contributed by atoms with Crippen molar-refractivity contribution < 1.29 is 9.15 Å². The van der Waals surface area contributed by atoms with E-state index in [4.69, 9.17) is 9.15 Å². The highest BCUT2D eigenvalue weighted by Crippen LogP contribution is 2.03. The van der Waals surface area contributed by atoms with E-state index in [1.165, 1.54) is 0 Å². The highest BCUT2D eigenvalue weighted by molar-refractivity contribution is 4.82. The SMILES string of the molecule is CCOCCc1nnc(CCCNC(C)C)o1. The molecular weight excluding hydrogens is 218 g/mol. The topological polar surface area (TPSA) is 60.2 Å². The largest absolute Gasteiger partial charge is 0.425 e. The lowest BCUT2D eigenvalue weighted by Gasteiger charge is -2.05. The van der Waals surface area contributed by atoms with E-state index in [0.717, 1.165) is 31.9 Å². The predicted molar refractivity (Wildman–Crippen MR) is 66.0 cm³/mol. The van der Waals surface area contributed by atoms with Gasteiger partial charge in [0.15, 0.2) is 0 Å². The summed E-state index contributed by atoms with van der Waals surface area (Å²) in [7, 11) is 0. The highest BCUT2D eigenvalue weighted by Gasteiger charge is 2.05. The van der Waals surface area contributed by atoms with Crippen LogP contribution in [0.5, 0.6) is 0 Å². The quantitative estimate of drug-likeness (QED) is 0.665. The molecule has 1 heterocycles. The van der Waals surface area contributed by atoms with Crippen LogP contribution in [0.1, 0.15) is 39.0 Å². The van der Waals surface area contributed by atoms with Gasteiger partial charge in [0.2, 0.25) is 11.8 Å². The van der Waals surface area contributed by atoms with E-state index in [9.17, 15) is 0 Å². The fourth-order valence-electron chi connectivity index (χ4n) is 1.42. The summed E-state index contributed by atoms with van der Waals surface area (Å²) in [6.45, 7) is 8.60. The highest BCUT2D eigenvalue weighted by atomic mass is 16.5. The fourth-order valence-corrected chi connectivity index (χ4v) is 1.42. The van der Waals surface area contributed by atoms with Crippen LogP contribution in [0.25, 0.3) is 0 Å². The molecule has 0 radical (unpaired) electrons. The Bertz CT molecular complexity index is 300. The number of aryl methyl sites for hydroxylation is 1. The van der Waals surface area contributed by atoms with Gasteiger partial charge in [0.05, 0.1) is 6.61 Å². The van der Waals surface area contributed by atoms with Gasteiger partial charge < -0.3 is 14.5 Å². The summed E-state index contributed by atoms with van der Waals surface area (Å²) in [6, 6.07) is 0.527. The van der Waals surface area contributed by atoms with Crippen molar-refractivity contribution in [2.24, 2.45) is 0 Å². The molecule has 17 heavy (non-hydrogen) atoms. The molecule has 5 nitrogen and oxygen atoms in total. The number of nitrogens with one attached hydrogen (secondary N) is 1. The normalized spacial score (nSPS) is 11.3. The Labute approximate surface area is 103 Å². The summed E-state index contributed by atoms with van der Waals surface area (Å²) in [6.07, 6.45) is 2.55. The number of nitrogens with zero attached hydrogens (tertiary/aromatic N) is 2. The van der Waals surface area contributed by atoms with Crippen LogP contribution in [0.4, 0.5) is 0 Å². The first-order valence-electron chi connectivity index (χ1n) is 6.34. The van der Waals surface area contributed by atoms with Crippen molar-refractivity contribution in [3.05, 3.63) is 11.8 Å². The number of rotatable bonds is 9. The minimum Gasteiger partial charge on any atom is -0.425 e. The van der Waals surface area contributed by atoms with Gasteiger partial charge in [0.1, 0.15) is 0 Å². The molecule has 0 amide bonds. The average molecular weight is 241 g/mol. The molecule has 98 valence electrons. The molecule has 0 aliphatic carbocycles. The number of hydrogen-bond acceptors (Lipinski definition) is 5. The molecule has 0 unspecified atom stereocenters. The first-order chi connectivity index (χ1) is 8.22. The first-order valence-corrected chi connectivity index (χ1v) is 6.34.